The Labute approximate surface area is 179 Å². The van der Waals surface area contributed by atoms with Crippen molar-refractivity contribution < 1.29 is 14.6 Å². The molecule has 0 heterocycles. The Morgan fingerprint density at radius 1 is 0.643 bits per heavy atom. The van der Waals surface area contributed by atoms with E-state index in [2.05, 4.69) is 85.4 Å². The van der Waals surface area contributed by atoms with E-state index in [1.807, 2.05) is 0 Å². The van der Waals surface area contributed by atoms with Gasteiger partial charge >= 0.3 is 24.8 Å². The van der Waals surface area contributed by atoms with Gasteiger partial charge in [0.15, 0.2) is 0 Å². The molecule has 8 atom stereocenters. The molecule has 2 aromatic rings. The predicted octanol–water partition coefficient (Wildman–Crippen LogP) is 6.06. The first-order chi connectivity index (χ1) is 13.4. The van der Waals surface area contributed by atoms with E-state index >= 15 is 0 Å². The molecule has 5 aliphatic carbocycles. The Morgan fingerprint density at radius 3 is 1.43 bits per heavy atom. The smallest absolute Gasteiger partial charge is 0.0629 e. The molecular formula is C24H23ClN2Ni-. The minimum Gasteiger partial charge on any atom is -0.257 e. The van der Waals surface area contributed by atoms with Crippen molar-refractivity contribution in [2.75, 3.05) is 0 Å². The summed E-state index contributed by atoms with van der Waals surface area (Å²) in [6, 6.07) is 21.2. The van der Waals surface area contributed by atoms with Crippen molar-refractivity contribution in [2.45, 2.75) is 6.42 Å². The Kier molecular flexibility index (Phi) is 4.52. The Balaban J connectivity index is 0.000000553. The van der Waals surface area contributed by atoms with E-state index in [1.54, 1.807) is 11.4 Å². The van der Waals surface area contributed by atoms with E-state index in [9.17, 15) is 0 Å². The van der Waals surface area contributed by atoms with E-state index in [0.29, 0.717) is 23.7 Å². The van der Waals surface area contributed by atoms with Crippen LogP contribution in [0.5, 0.6) is 0 Å². The molecule has 7 rings (SSSR count). The number of hydrogen-bond donors (Lipinski definition) is 0. The van der Waals surface area contributed by atoms with Crippen molar-refractivity contribution in [2.24, 2.45) is 57.3 Å². The Bertz CT molecular complexity index is 860. The normalized spacial score (nSPS) is 42.4. The number of nitrogens with zero attached hydrogens (tertiary/aromatic N) is 2. The van der Waals surface area contributed by atoms with Crippen molar-refractivity contribution in [3.05, 3.63) is 68.1 Å². The molecule has 5 aliphatic rings. The molecule has 0 saturated heterocycles. The molecule has 0 aliphatic heterocycles. The van der Waals surface area contributed by atoms with Crippen molar-refractivity contribution >= 4 is 33.0 Å². The van der Waals surface area contributed by atoms with Gasteiger partial charge in [0.25, 0.3) is 0 Å². The zero-order chi connectivity index (χ0) is 18.1. The van der Waals surface area contributed by atoms with Gasteiger partial charge < -0.3 is 7.43 Å². The van der Waals surface area contributed by atoms with Gasteiger partial charge in [0.1, 0.15) is 0 Å². The van der Waals surface area contributed by atoms with E-state index in [0.717, 1.165) is 35.0 Å². The summed E-state index contributed by atoms with van der Waals surface area (Å²) in [5, 5.41) is 0. The molecule has 0 spiro atoms. The first kappa shape index (κ1) is 18.6. The maximum absolute atomic E-state index is 5.18. The molecule has 0 amide bonds. The van der Waals surface area contributed by atoms with Crippen LogP contribution < -0.4 is 0 Å². The van der Waals surface area contributed by atoms with Crippen LogP contribution in [0.4, 0.5) is 11.4 Å². The van der Waals surface area contributed by atoms with Gasteiger partial charge in [-0.25, -0.2) is 0 Å². The standard InChI is InChI=1S/C23H20N2.CH3.ClH.Ni/c1-3-7-12(8-4-1)24-22-18-14-11-15-17-16(14)20(22)21(17)23(19(15)18)25-13-9-5-2-6-10-13;;;/h1-10,14-21H,11H2;1H3;1H;/q;-1;;+1/p-1. The van der Waals surface area contributed by atoms with Crippen LogP contribution in [0, 0.1) is 54.8 Å². The molecule has 5 saturated carbocycles. The fourth-order valence-electron chi connectivity index (χ4n) is 7.46. The summed E-state index contributed by atoms with van der Waals surface area (Å²) in [5.74, 6) is 6.47. The van der Waals surface area contributed by atoms with Crippen LogP contribution in [0.15, 0.2) is 70.6 Å². The molecule has 5 fully saturated rings. The van der Waals surface area contributed by atoms with Gasteiger partial charge in [0.05, 0.1) is 11.4 Å². The maximum atomic E-state index is 5.18. The third kappa shape index (κ3) is 2.21. The predicted molar refractivity (Wildman–Crippen MR) is 112 cm³/mol. The number of halogens is 1. The van der Waals surface area contributed by atoms with Crippen LogP contribution in [-0.4, -0.2) is 11.4 Å². The van der Waals surface area contributed by atoms with E-state index < -0.39 is 0 Å². The fraction of sp³-hybridized carbons (Fsp3) is 0.375. The summed E-state index contributed by atoms with van der Waals surface area (Å²) in [4.78, 5) is 10.4. The van der Waals surface area contributed by atoms with E-state index in [-0.39, 0.29) is 7.43 Å². The minimum atomic E-state index is 0. The molecule has 8 unspecified atom stereocenters. The van der Waals surface area contributed by atoms with Crippen molar-refractivity contribution in [1.82, 2.24) is 0 Å². The van der Waals surface area contributed by atoms with Crippen molar-refractivity contribution in [3.8, 4) is 0 Å². The summed E-state index contributed by atoms with van der Waals surface area (Å²) < 4.78 is 0. The zero-order valence-corrected chi connectivity index (χ0v) is 17.4. The molecule has 2 nitrogen and oxygen atoms in total. The second kappa shape index (κ2) is 6.82. The van der Waals surface area contributed by atoms with Crippen molar-refractivity contribution in [3.63, 3.8) is 0 Å². The first-order valence-corrected chi connectivity index (χ1v) is 11.2. The Morgan fingerprint density at radius 2 is 1.04 bits per heavy atom. The van der Waals surface area contributed by atoms with Gasteiger partial charge in [-0.3, -0.25) is 9.98 Å². The molecule has 0 radical (unpaired) electrons. The number of fused-ring (bicyclic) bond motifs is 2. The summed E-state index contributed by atoms with van der Waals surface area (Å²) in [5.41, 5.74) is 5.37. The monoisotopic (exact) mass is 432 g/mol. The van der Waals surface area contributed by atoms with Gasteiger partial charge in [0.2, 0.25) is 0 Å². The summed E-state index contributed by atoms with van der Waals surface area (Å²) in [7, 11) is 4.26. The van der Waals surface area contributed by atoms with Crippen LogP contribution in [0.1, 0.15) is 6.42 Å². The quantitative estimate of drug-likeness (QED) is 0.406. The van der Waals surface area contributed by atoms with Gasteiger partial charge in [-0.2, -0.15) is 0 Å². The van der Waals surface area contributed by atoms with Gasteiger partial charge in [-0.05, 0) is 54.4 Å². The van der Waals surface area contributed by atoms with Crippen LogP contribution in [0.3, 0.4) is 0 Å². The molecule has 2 aromatic carbocycles. The number of rotatable bonds is 2. The molecule has 4 heteroatoms. The van der Waals surface area contributed by atoms with Crippen LogP contribution >= 0.6 is 10.2 Å². The van der Waals surface area contributed by atoms with Crippen LogP contribution in [-0.2, 0) is 14.6 Å². The average Bonchev–Trinajstić information content (AvgIpc) is 3.25. The molecular weight excluding hydrogens is 410 g/mol. The number of aliphatic imine (C=N–C) groups is 2. The Hall–Kier alpha value is -1.44. The molecule has 147 valence electrons. The molecule has 0 N–H and O–H groups in total. The van der Waals surface area contributed by atoms with E-state index in [4.69, 9.17) is 9.98 Å². The number of hydrogen-bond acceptors (Lipinski definition) is 2. The second-order valence-corrected chi connectivity index (χ2v) is 8.57. The summed E-state index contributed by atoms with van der Waals surface area (Å²) in [6.45, 7) is 0. The molecule has 2 bridgehead atoms. The summed E-state index contributed by atoms with van der Waals surface area (Å²) >= 11 is 3.35. The fourth-order valence-corrected chi connectivity index (χ4v) is 7.46. The number of para-hydroxylation sites is 2. The van der Waals surface area contributed by atoms with Gasteiger partial charge in [-0.1, -0.05) is 36.4 Å². The van der Waals surface area contributed by atoms with Crippen molar-refractivity contribution in [1.29, 1.82) is 0 Å². The second-order valence-electron chi connectivity index (χ2n) is 8.57. The van der Waals surface area contributed by atoms with E-state index in [1.165, 1.54) is 6.42 Å². The maximum Gasteiger partial charge on any atom is 0.0629 e. The first-order valence-electron chi connectivity index (χ1n) is 9.81. The van der Waals surface area contributed by atoms with Crippen LogP contribution in [0.2, 0.25) is 0 Å². The zero-order valence-electron chi connectivity index (χ0n) is 15.7. The van der Waals surface area contributed by atoms with Gasteiger partial charge in [-0.15, -0.1) is 0 Å². The number of benzene rings is 2. The average molecular weight is 434 g/mol. The third-order valence-corrected chi connectivity index (χ3v) is 7.90. The summed E-state index contributed by atoms with van der Waals surface area (Å²) in [6.07, 6.45) is 1.44. The SMILES string of the molecule is [CH3-].[Cl][Ni].c1ccc(N=C2C3C4CC5C3C(=Nc3ccccc3)C3C2C4C53)cc1. The minimum absolute atomic E-state index is 0. The topological polar surface area (TPSA) is 24.7 Å². The third-order valence-electron chi connectivity index (χ3n) is 7.90. The molecule has 0 aromatic heterocycles. The van der Waals surface area contributed by atoms with Gasteiger partial charge in [0, 0.05) is 35.1 Å². The molecule has 28 heavy (non-hydrogen) atoms. The van der Waals surface area contributed by atoms with Crippen LogP contribution in [0.25, 0.3) is 0 Å². The largest absolute Gasteiger partial charge is 0.257 e.